The molecule has 0 spiro atoms. The van der Waals surface area contributed by atoms with E-state index < -0.39 is 100 Å². The number of carbonyl (C=O) groups is 4. The maximum absolute atomic E-state index is 14.2. The van der Waals surface area contributed by atoms with Crippen molar-refractivity contribution in [3.63, 3.8) is 0 Å². The first-order chi connectivity index (χ1) is 20.7. The van der Waals surface area contributed by atoms with Crippen molar-refractivity contribution >= 4 is 34.8 Å². The quantitative estimate of drug-likeness (QED) is 0.169. The number of esters is 4. The van der Waals surface area contributed by atoms with E-state index in [0.29, 0.717) is 0 Å². The Kier molecular flexibility index (Phi) is 8.99. The highest BCUT2D eigenvalue weighted by molar-refractivity contribution is 5.87. The molecule has 0 amide bonds. The highest BCUT2D eigenvalue weighted by atomic mass is 16.7. The molecule has 44 heavy (non-hydrogen) atoms. The summed E-state index contributed by atoms with van der Waals surface area (Å²) in [6.45, 7) is 3.61. The van der Waals surface area contributed by atoms with Crippen molar-refractivity contribution in [1.29, 1.82) is 0 Å². The number of phenols is 4. The zero-order valence-electron chi connectivity index (χ0n) is 23.8. The largest absolute Gasteiger partial charge is 0.508 e. The normalized spacial score (nSPS) is 21.3. The van der Waals surface area contributed by atoms with E-state index in [-0.39, 0.29) is 16.9 Å². The summed E-state index contributed by atoms with van der Waals surface area (Å²) in [6, 6.07) is 5.30. The Morgan fingerprint density at radius 1 is 0.750 bits per heavy atom. The summed E-state index contributed by atoms with van der Waals surface area (Å²) in [5.74, 6) is -6.08. The summed E-state index contributed by atoms with van der Waals surface area (Å²) in [5, 5.41) is 40.3. The molecule has 3 aromatic rings. The second-order valence-corrected chi connectivity index (χ2v) is 9.84. The molecule has 5 atom stereocenters. The number of fused-ring (bicyclic) bond motifs is 1. The number of hydrogen-bond acceptors (Lipinski definition) is 15. The first kappa shape index (κ1) is 31.6. The van der Waals surface area contributed by atoms with Crippen LogP contribution >= 0.6 is 0 Å². The Morgan fingerprint density at radius 2 is 1.36 bits per heavy atom. The van der Waals surface area contributed by atoms with E-state index in [9.17, 15) is 44.4 Å². The highest BCUT2D eigenvalue weighted by Gasteiger charge is 2.54. The van der Waals surface area contributed by atoms with Crippen LogP contribution in [0.2, 0.25) is 0 Å². The van der Waals surface area contributed by atoms with Crippen LogP contribution in [0.1, 0.15) is 39.4 Å². The molecule has 1 fully saturated rings. The van der Waals surface area contributed by atoms with Crippen molar-refractivity contribution in [2.45, 2.75) is 58.2 Å². The maximum atomic E-state index is 14.2. The Bertz CT molecular complexity index is 1690. The molecule has 1 unspecified atom stereocenters. The first-order valence-electron chi connectivity index (χ1n) is 13.0. The first-order valence-corrected chi connectivity index (χ1v) is 13.0. The summed E-state index contributed by atoms with van der Waals surface area (Å²) in [4.78, 5) is 62.6. The molecule has 1 aliphatic heterocycles. The topological polar surface area (TPSA) is 226 Å². The summed E-state index contributed by atoms with van der Waals surface area (Å²) in [5.41, 5.74) is -1.73. The molecular weight excluding hydrogens is 588 g/mol. The van der Waals surface area contributed by atoms with Crippen molar-refractivity contribution in [3.8, 4) is 34.3 Å². The monoisotopic (exact) mass is 616 g/mol. The van der Waals surface area contributed by atoms with Crippen LogP contribution in [0.5, 0.6) is 23.0 Å². The standard InChI is InChI=1S/C29H28O15/c1-11(30)39-10-21-26(40-12(2)31)28(41-13(3)32)29(42-14(4)33)27(44-21)23-24(38)22-19(37)8-16(34)9-20(22)43-25(23)15-5-6-17(35)18(36)7-15/h5-9,21,26-29,34-37H,10H2,1-4H3/t21-,26+,27?,28+,29+/m1/s1. The average molecular weight is 617 g/mol. The van der Waals surface area contributed by atoms with Crippen molar-refractivity contribution in [1.82, 2.24) is 0 Å². The Hall–Kier alpha value is -5.31. The van der Waals surface area contributed by atoms with Gasteiger partial charge in [0.25, 0.3) is 0 Å². The van der Waals surface area contributed by atoms with E-state index in [1.165, 1.54) is 6.07 Å². The lowest BCUT2D eigenvalue weighted by atomic mass is 9.88. The second kappa shape index (κ2) is 12.5. The number of phenolic OH excluding ortho intramolecular Hbond substituents is 4. The summed E-state index contributed by atoms with van der Waals surface area (Å²) >= 11 is 0. The van der Waals surface area contributed by atoms with Gasteiger partial charge in [-0.05, 0) is 18.2 Å². The fourth-order valence-electron chi connectivity index (χ4n) is 4.90. The van der Waals surface area contributed by atoms with E-state index in [1.54, 1.807) is 0 Å². The maximum Gasteiger partial charge on any atom is 0.303 e. The molecule has 0 saturated carbocycles. The van der Waals surface area contributed by atoms with Crippen LogP contribution in [-0.4, -0.2) is 75.3 Å². The zero-order valence-corrected chi connectivity index (χ0v) is 23.8. The minimum atomic E-state index is -1.73. The van der Waals surface area contributed by atoms with Crippen LogP contribution in [0.4, 0.5) is 0 Å². The molecule has 2 heterocycles. The fraction of sp³-hybridized carbons (Fsp3) is 0.345. The van der Waals surface area contributed by atoms with Crippen LogP contribution in [-0.2, 0) is 42.9 Å². The average Bonchev–Trinajstić information content (AvgIpc) is 2.90. The van der Waals surface area contributed by atoms with Gasteiger partial charge in [-0.25, -0.2) is 0 Å². The SMILES string of the molecule is CC(=O)OC[C@H]1OC(c2c(-c3ccc(O)c(O)c3)oc3cc(O)cc(O)c3c2=O)[C@H](OC(C)=O)[C@@H](OC(C)=O)[C@H]1OC(C)=O. The third-order valence-corrected chi connectivity index (χ3v) is 6.51. The molecule has 0 bridgehead atoms. The van der Waals surface area contributed by atoms with Gasteiger partial charge < -0.3 is 48.5 Å². The predicted molar refractivity (Wildman–Crippen MR) is 145 cm³/mol. The van der Waals surface area contributed by atoms with Gasteiger partial charge in [0.05, 0.1) is 5.56 Å². The van der Waals surface area contributed by atoms with Gasteiger partial charge in [0.2, 0.25) is 5.43 Å². The molecule has 2 aromatic carbocycles. The van der Waals surface area contributed by atoms with Crippen LogP contribution in [0.25, 0.3) is 22.3 Å². The molecule has 15 nitrogen and oxygen atoms in total. The summed E-state index contributed by atoms with van der Waals surface area (Å²) in [6.07, 6.45) is -8.01. The van der Waals surface area contributed by atoms with Gasteiger partial charge in [-0.3, -0.25) is 24.0 Å². The van der Waals surface area contributed by atoms with Gasteiger partial charge in [-0.1, -0.05) is 0 Å². The highest BCUT2D eigenvalue weighted by Crippen LogP contribution is 2.43. The van der Waals surface area contributed by atoms with Gasteiger partial charge in [0.15, 0.2) is 29.8 Å². The number of rotatable bonds is 7. The number of carbonyl (C=O) groups excluding carboxylic acids is 4. The molecule has 4 N–H and O–H groups in total. The fourth-order valence-corrected chi connectivity index (χ4v) is 4.90. The Labute approximate surface area is 248 Å². The second-order valence-electron chi connectivity index (χ2n) is 9.84. The van der Waals surface area contributed by atoms with Crippen molar-refractivity contribution in [3.05, 3.63) is 46.1 Å². The summed E-state index contributed by atoms with van der Waals surface area (Å²) < 4.78 is 33.5. The van der Waals surface area contributed by atoms with E-state index in [1.807, 2.05) is 0 Å². The lowest BCUT2D eigenvalue weighted by Gasteiger charge is -2.44. The van der Waals surface area contributed by atoms with Gasteiger partial charge in [-0.2, -0.15) is 0 Å². The van der Waals surface area contributed by atoms with Crippen molar-refractivity contribution in [2.75, 3.05) is 6.61 Å². The third-order valence-electron chi connectivity index (χ3n) is 6.51. The van der Waals surface area contributed by atoms with Crippen LogP contribution < -0.4 is 5.43 Å². The molecule has 4 rings (SSSR count). The van der Waals surface area contributed by atoms with Gasteiger partial charge in [0, 0.05) is 45.4 Å². The zero-order chi connectivity index (χ0) is 32.5. The van der Waals surface area contributed by atoms with Crippen LogP contribution in [0.3, 0.4) is 0 Å². The minimum absolute atomic E-state index is 0.0232. The molecule has 0 radical (unpaired) electrons. The minimum Gasteiger partial charge on any atom is -0.508 e. The van der Waals surface area contributed by atoms with Gasteiger partial charge in [-0.15, -0.1) is 0 Å². The van der Waals surface area contributed by atoms with Gasteiger partial charge in [0.1, 0.15) is 47.0 Å². The summed E-state index contributed by atoms with van der Waals surface area (Å²) in [7, 11) is 0. The lowest BCUT2D eigenvalue weighted by Crippen LogP contribution is -2.60. The van der Waals surface area contributed by atoms with Crippen molar-refractivity contribution in [2.24, 2.45) is 0 Å². The third kappa shape index (κ3) is 6.52. The molecule has 15 heteroatoms. The molecule has 234 valence electrons. The van der Waals surface area contributed by atoms with E-state index in [0.717, 1.165) is 52.0 Å². The number of hydrogen-bond donors (Lipinski definition) is 4. The molecule has 1 aliphatic rings. The number of ether oxygens (including phenoxy) is 5. The van der Waals surface area contributed by atoms with E-state index in [4.69, 9.17) is 28.1 Å². The molecular formula is C29H28O15. The Morgan fingerprint density at radius 3 is 1.95 bits per heavy atom. The predicted octanol–water partition coefficient (Wildman–Crippen LogP) is 2.08. The van der Waals surface area contributed by atoms with Gasteiger partial charge >= 0.3 is 23.9 Å². The number of aromatic hydroxyl groups is 4. The lowest BCUT2D eigenvalue weighted by molar-refractivity contribution is -0.254. The molecule has 1 saturated heterocycles. The smallest absolute Gasteiger partial charge is 0.303 e. The van der Waals surface area contributed by atoms with Crippen molar-refractivity contribution < 1.29 is 67.7 Å². The molecule has 0 aliphatic carbocycles. The molecule has 1 aromatic heterocycles. The number of benzene rings is 2. The van der Waals surface area contributed by atoms with E-state index >= 15 is 0 Å². The van der Waals surface area contributed by atoms with E-state index in [2.05, 4.69) is 0 Å². The van der Waals surface area contributed by atoms with Crippen LogP contribution in [0.15, 0.2) is 39.5 Å². The Balaban J connectivity index is 2.07. The van der Waals surface area contributed by atoms with Crippen LogP contribution in [0, 0.1) is 0 Å².